The van der Waals surface area contributed by atoms with Gasteiger partial charge in [-0.05, 0) is 37.0 Å². The number of nitrogens with two attached hydrogens (primary N) is 1. The van der Waals surface area contributed by atoms with Gasteiger partial charge in [0.25, 0.3) is 11.6 Å². The summed E-state index contributed by atoms with van der Waals surface area (Å²) in [7, 11) is 0. The van der Waals surface area contributed by atoms with E-state index in [1.165, 1.54) is 17.0 Å². The van der Waals surface area contributed by atoms with Gasteiger partial charge in [-0.2, -0.15) is 5.48 Å². The van der Waals surface area contributed by atoms with Crippen molar-refractivity contribution in [2.45, 2.75) is 31.3 Å². The van der Waals surface area contributed by atoms with Crippen LogP contribution < -0.4 is 11.2 Å². The molecule has 0 aromatic heterocycles. The predicted octanol–water partition coefficient (Wildman–Crippen LogP) is 1.34. The fourth-order valence-corrected chi connectivity index (χ4v) is 3.41. The summed E-state index contributed by atoms with van der Waals surface area (Å²) in [5, 5.41) is 10.7. The minimum absolute atomic E-state index is 0.0372. The summed E-state index contributed by atoms with van der Waals surface area (Å²) in [4.78, 5) is 53.6. The fraction of sp³-hybridized carbons (Fsp3) is 0.286. The number of nitro benzene ring substituents is 1. The summed E-state index contributed by atoms with van der Waals surface area (Å²) in [6.45, 7) is 0.385. The third-order valence-corrected chi connectivity index (χ3v) is 5.01. The molecule has 0 spiro atoms. The van der Waals surface area contributed by atoms with Crippen LogP contribution in [0.15, 0.2) is 54.6 Å². The van der Waals surface area contributed by atoms with Crippen molar-refractivity contribution in [2.24, 2.45) is 5.73 Å². The van der Waals surface area contributed by atoms with Crippen LogP contribution in [0.25, 0.3) is 0 Å². The number of likely N-dealkylation sites (tertiary alicyclic amines) is 1. The van der Waals surface area contributed by atoms with Gasteiger partial charge in [0.15, 0.2) is 0 Å². The maximum Gasteiger partial charge on any atom is 0.362 e. The van der Waals surface area contributed by atoms with Gasteiger partial charge in [0, 0.05) is 18.7 Å². The molecule has 1 saturated heterocycles. The quantitative estimate of drug-likeness (QED) is 0.524. The number of amides is 2. The first-order chi connectivity index (χ1) is 14.9. The molecule has 31 heavy (non-hydrogen) atoms. The largest absolute Gasteiger partial charge is 0.362 e. The van der Waals surface area contributed by atoms with Gasteiger partial charge in [0.1, 0.15) is 6.04 Å². The second kappa shape index (κ2) is 9.81. The lowest BCUT2D eigenvalue weighted by molar-refractivity contribution is -0.384. The third-order valence-electron chi connectivity index (χ3n) is 5.01. The summed E-state index contributed by atoms with van der Waals surface area (Å²) in [5.74, 6) is -1.85. The molecule has 0 saturated carbocycles. The summed E-state index contributed by atoms with van der Waals surface area (Å²) in [6, 6.07) is 12.5. The average molecular weight is 426 g/mol. The number of nitrogens with one attached hydrogen (secondary N) is 1. The second-order valence-electron chi connectivity index (χ2n) is 7.15. The van der Waals surface area contributed by atoms with Crippen LogP contribution >= 0.6 is 0 Å². The van der Waals surface area contributed by atoms with E-state index in [0.29, 0.717) is 25.8 Å². The Bertz CT molecular complexity index is 964. The molecule has 10 nitrogen and oxygen atoms in total. The first-order valence-corrected chi connectivity index (χ1v) is 9.72. The number of carbonyl (C=O) groups is 3. The van der Waals surface area contributed by atoms with Crippen LogP contribution in [0.2, 0.25) is 0 Å². The normalized spacial score (nSPS) is 16.4. The van der Waals surface area contributed by atoms with Crippen LogP contribution in [0.5, 0.6) is 0 Å². The maximum absolute atomic E-state index is 12.8. The molecule has 0 unspecified atom stereocenters. The zero-order valence-electron chi connectivity index (χ0n) is 16.6. The lowest BCUT2D eigenvalue weighted by Crippen LogP contribution is -2.52. The molecule has 10 heteroatoms. The molecule has 1 aliphatic heterocycles. The number of carbonyl (C=O) groups excluding carboxylic acids is 3. The van der Waals surface area contributed by atoms with Crippen LogP contribution in [-0.2, 0) is 20.8 Å². The number of hydroxylamine groups is 1. The highest BCUT2D eigenvalue weighted by Gasteiger charge is 2.36. The highest BCUT2D eigenvalue weighted by atomic mass is 16.7. The monoisotopic (exact) mass is 426 g/mol. The van der Waals surface area contributed by atoms with Crippen LogP contribution in [0.4, 0.5) is 5.69 Å². The van der Waals surface area contributed by atoms with E-state index in [0.717, 1.165) is 17.7 Å². The minimum atomic E-state index is -0.875. The lowest BCUT2D eigenvalue weighted by Gasteiger charge is -2.26. The Kier molecular flexibility index (Phi) is 6.93. The maximum atomic E-state index is 12.8. The highest BCUT2D eigenvalue weighted by molar-refractivity contribution is 5.93. The molecular formula is C21H22N4O6. The van der Waals surface area contributed by atoms with Gasteiger partial charge >= 0.3 is 5.97 Å². The number of nitro groups is 1. The second-order valence-corrected chi connectivity index (χ2v) is 7.15. The van der Waals surface area contributed by atoms with Crippen molar-refractivity contribution in [3.8, 4) is 0 Å². The Morgan fingerprint density at radius 1 is 1.16 bits per heavy atom. The summed E-state index contributed by atoms with van der Waals surface area (Å²) >= 11 is 0. The van der Waals surface area contributed by atoms with Gasteiger partial charge in [-0.25, -0.2) is 4.79 Å². The van der Waals surface area contributed by atoms with Crippen molar-refractivity contribution in [1.82, 2.24) is 10.4 Å². The van der Waals surface area contributed by atoms with Gasteiger partial charge in [-0.15, -0.1) is 0 Å². The number of nitrogens with zero attached hydrogens (tertiary/aromatic N) is 2. The topological polar surface area (TPSA) is 145 Å². The van der Waals surface area contributed by atoms with E-state index in [1.807, 2.05) is 30.3 Å². The fourth-order valence-electron chi connectivity index (χ4n) is 3.41. The third kappa shape index (κ3) is 5.43. The summed E-state index contributed by atoms with van der Waals surface area (Å²) < 4.78 is 0. The van der Waals surface area contributed by atoms with E-state index in [-0.39, 0.29) is 17.2 Å². The molecule has 162 valence electrons. The Labute approximate surface area is 178 Å². The summed E-state index contributed by atoms with van der Waals surface area (Å²) in [5.41, 5.74) is 8.92. The molecule has 2 aromatic carbocycles. The Morgan fingerprint density at radius 3 is 2.48 bits per heavy atom. The average Bonchev–Trinajstić information content (AvgIpc) is 3.27. The molecule has 3 N–H and O–H groups in total. The van der Waals surface area contributed by atoms with Crippen molar-refractivity contribution in [3.05, 3.63) is 75.8 Å². The van der Waals surface area contributed by atoms with Gasteiger partial charge in [-0.1, -0.05) is 30.3 Å². The van der Waals surface area contributed by atoms with E-state index in [2.05, 4.69) is 5.48 Å². The number of hydrogen-bond acceptors (Lipinski definition) is 7. The molecule has 1 aliphatic rings. The van der Waals surface area contributed by atoms with Gasteiger partial charge < -0.3 is 15.5 Å². The zero-order valence-corrected chi connectivity index (χ0v) is 16.6. The smallest absolute Gasteiger partial charge is 0.335 e. The molecule has 2 amide bonds. The molecule has 0 aliphatic carbocycles. The van der Waals surface area contributed by atoms with Crippen LogP contribution in [-0.4, -0.2) is 46.2 Å². The summed E-state index contributed by atoms with van der Waals surface area (Å²) in [6.07, 6.45) is 1.39. The molecule has 3 rings (SSSR count). The lowest BCUT2D eigenvalue weighted by atomic mass is 10.1. The number of rotatable bonds is 6. The van der Waals surface area contributed by atoms with E-state index < -0.39 is 28.9 Å². The van der Waals surface area contributed by atoms with Crippen LogP contribution in [0.1, 0.15) is 28.8 Å². The molecule has 1 fully saturated rings. The van der Waals surface area contributed by atoms with E-state index >= 15 is 0 Å². The molecule has 0 bridgehead atoms. The van der Waals surface area contributed by atoms with Crippen molar-refractivity contribution in [1.29, 1.82) is 0 Å². The molecule has 2 atom stereocenters. The van der Waals surface area contributed by atoms with E-state index in [1.54, 1.807) is 0 Å². The minimum Gasteiger partial charge on any atom is -0.335 e. The first-order valence-electron chi connectivity index (χ1n) is 9.72. The Morgan fingerprint density at radius 2 is 1.84 bits per heavy atom. The number of benzene rings is 2. The van der Waals surface area contributed by atoms with Crippen molar-refractivity contribution in [2.75, 3.05) is 6.54 Å². The highest BCUT2D eigenvalue weighted by Crippen LogP contribution is 2.19. The predicted molar refractivity (Wildman–Crippen MR) is 110 cm³/mol. The van der Waals surface area contributed by atoms with Gasteiger partial charge in [-0.3, -0.25) is 19.7 Å². The van der Waals surface area contributed by atoms with Crippen molar-refractivity contribution >= 4 is 23.5 Å². The van der Waals surface area contributed by atoms with Crippen molar-refractivity contribution < 1.29 is 24.1 Å². The Hall–Kier alpha value is -3.79. The molecule has 1 heterocycles. The molecular weight excluding hydrogens is 404 g/mol. The van der Waals surface area contributed by atoms with E-state index in [4.69, 9.17) is 10.6 Å². The van der Waals surface area contributed by atoms with Crippen LogP contribution in [0.3, 0.4) is 0 Å². The SMILES string of the molecule is N[C@@H](Cc1ccccc1)C(=O)N1CCC[C@H]1C(=O)NOC(=O)c1ccc([N+](=O)[O-])cc1. The number of hydrogen-bond donors (Lipinski definition) is 2. The first kappa shape index (κ1) is 21.9. The van der Waals surface area contributed by atoms with Gasteiger partial charge in [0.05, 0.1) is 16.5 Å². The molecule has 0 radical (unpaired) electrons. The zero-order chi connectivity index (χ0) is 22.4. The van der Waals surface area contributed by atoms with Crippen molar-refractivity contribution in [3.63, 3.8) is 0 Å². The molecule has 2 aromatic rings. The van der Waals surface area contributed by atoms with Crippen LogP contribution in [0, 0.1) is 10.1 Å². The Balaban J connectivity index is 1.55. The van der Waals surface area contributed by atoms with E-state index in [9.17, 15) is 24.5 Å². The number of non-ortho nitro benzene ring substituents is 1. The standard InChI is InChI=1S/C21H22N4O6/c22-17(13-14-5-2-1-3-6-14)20(27)24-12-4-7-18(24)19(26)23-31-21(28)15-8-10-16(11-9-15)25(29)30/h1-3,5-6,8-11,17-18H,4,7,12-13,22H2,(H,23,26)/t17-,18-/m0/s1. The van der Waals surface area contributed by atoms with Gasteiger partial charge in [0.2, 0.25) is 5.91 Å².